The molecule has 19 heavy (non-hydrogen) atoms. The molecule has 0 radical (unpaired) electrons. The maximum atomic E-state index is 4.54. The van der Waals surface area contributed by atoms with Gasteiger partial charge in [-0.15, -0.1) is 11.3 Å². The molecule has 2 aromatic rings. The highest BCUT2D eigenvalue weighted by atomic mass is 32.1. The smallest absolute Gasteiger partial charge is 0.0809 e. The summed E-state index contributed by atoms with van der Waals surface area (Å²) in [4.78, 5) is 4.54. The van der Waals surface area contributed by atoms with Gasteiger partial charge in [0.05, 0.1) is 10.2 Å². The summed E-state index contributed by atoms with van der Waals surface area (Å²) in [5, 5.41) is 5.87. The number of hydrogen-bond donors (Lipinski definition) is 1. The van der Waals surface area contributed by atoms with E-state index in [-0.39, 0.29) is 0 Å². The van der Waals surface area contributed by atoms with Gasteiger partial charge in [0.1, 0.15) is 0 Å². The lowest BCUT2D eigenvalue weighted by Gasteiger charge is -2.25. The Labute approximate surface area is 119 Å². The molecule has 0 bridgehead atoms. The van der Waals surface area contributed by atoms with E-state index in [0.717, 1.165) is 11.4 Å². The minimum atomic E-state index is 0.384. The van der Waals surface area contributed by atoms with Gasteiger partial charge >= 0.3 is 0 Å². The maximum absolute atomic E-state index is 4.54. The third-order valence-electron chi connectivity index (χ3n) is 4.44. The number of fused-ring (bicyclic) bond motifs is 1. The third-order valence-corrected chi connectivity index (χ3v) is 5.30. The molecular weight excluding hydrogens is 252 g/mol. The van der Waals surface area contributed by atoms with Crippen LogP contribution in [0.4, 0.5) is 0 Å². The molecule has 1 fully saturated rings. The van der Waals surface area contributed by atoms with Crippen LogP contribution in [-0.4, -0.2) is 11.0 Å². The molecule has 0 spiro atoms. The van der Waals surface area contributed by atoms with Gasteiger partial charge in [0.15, 0.2) is 0 Å². The lowest BCUT2D eigenvalue weighted by atomic mass is 9.98. The number of aromatic nitrogens is 1. The summed E-state index contributed by atoms with van der Waals surface area (Å²) < 4.78 is 1.29. The van der Waals surface area contributed by atoms with Crippen molar-refractivity contribution in [1.29, 1.82) is 0 Å². The van der Waals surface area contributed by atoms with E-state index < -0.39 is 0 Å². The second-order valence-electron chi connectivity index (χ2n) is 5.79. The Kier molecular flexibility index (Phi) is 3.85. The van der Waals surface area contributed by atoms with E-state index in [0.29, 0.717) is 12.1 Å². The normalized spacial score (nSPS) is 19.9. The summed E-state index contributed by atoms with van der Waals surface area (Å²) in [6.45, 7) is 4.59. The van der Waals surface area contributed by atoms with E-state index >= 15 is 0 Å². The van der Waals surface area contributed by atoms with Crippen molar-refractivity contribution in [2.24, 2.45) is 5.92 Å². The largest absolute Gasteiger partial charge is 0.307 e. The average molecular weight is 274 g/mol. The van der Waals surface area contributed by atoms with Crippen LogP contribution in [0.15, 0.2) is 23.7 Å². The van der Waals surface area contributed by atoms with Crippen LogP contribution < -0.4 is 5.32 Å². The number of pyridine rings is 1. The van der Waals surface area contributed by atoms with Gasteiger partial charge in [-0.05, 0) is 55.7 Å². The van der Waals surface area contributed by atoms with Crippen molar-refractivity contribution in [2.45, 2.75) is 51.6 Å². The second-order valence-corrected chi connectivity index (χ2v) is 6.74. The first-order chi connectivity index (χ1) is 9.24. The third kappa shape index (κ3) is 2.82. The second kappa shape index (κ2) is 5.59. The molecule has 3 rings (SSSR count). The first kappa shape index (κ1) is 13.1. The minimum Gasteiger partial charge on any atom is -0.307 e. The maximum Gasteiger partial charge on any atom is 0.0809 e. The van der Waals surface area contributed by atoms with Crippen LogP contribution in [0.5, 0.6) is 0 Å². The van der Waals surface area contributed by atoms with Crippen molar-refractivity contribution in [3.8, 4) is 0 Å². The van der Waals surface area contributed by atoms with Crippen LogP contribution in [0.3, 0.4) is 0 Å². The molecule has 0 aliphatic heterocycles. The molecule has 2 nitrogen and oxygen atoms in total. The summed E-state index contributed by atoms with van der Waals surface area (Å²) in [5.74, 6) is 0.862. The lowest BCUT2D eigenvalue weighted by molar-refractivity contribution is 0.352. The summed E-state index contributed by atoms with van der Waals surface area (Å²) >= 11 is 1.77. The molecule has 3 heteroatoms. The Morgan fingerprint density at radius 1 is 1.32 bits per heavy atom. The molecule has 1 aliphatic carbocycles. The number of thiophene rings is 1. The fraction of sp³-hybridized carbons (Fsp3) is 0.562. The van der Waals surface area contributed by atoms with E-state index in [9.17, 15) is 0 Å². The monoisotopic (exact) mass is 274 g/mol. The van der Waals surface area contributed by atoms with E-state index in [1.807, 2.05) is 6.20 Å². The van der Waals surface area contributed by atoms with Crippen molar-refractivity contribution >= 4 is 21.6 Å². The predicted octanol–water partition coefficient (Wildman–Crippen LogP) is 4.53. The molecule has 0 saturated heterocycles. The Morgan fingerprint density at radius 3 is 2.89 bits per heavy atom. The molecule has 0 aromatic carbocycles. The van der Waals surface area contributed by atoms with Crippen LogP contribution in [0.1, 0.15) is 51.1 Å². The minimum absolute atomic E-state index is 0.384. The van der Waals surface area contributed by atoms with Gasteiger partial charge < -0.3 is 5.32 Å². The van der Waals surface area contributed by atoms with Gasteiger partial charge in [0.25, 0.3) is 0 Å². The first-order valence-electron chi connectivity index (χ1n) is 7.33. The summed E-state index contributed by atoms with van der Waals surface area (Å²) in [6, 6.07) is 5.36. The van der Waals surface area contributed by atoms with E-state index in [1.54, 1.807) is 11.3 Å². The Morgan fingerprint density at radius 2 is 2.11 bits per heavy atom. The standard InChI is InChI=1S/C16H22N2S/c1-11(13-5-3-4-6-13)18-12(2)14-9-16-15(17-10-14)7-8-19-16/h7-13,18H,3-6H2,1-2H3/t11-,12?/m1/s1. The molecule has 102 valence electrons. The fourth-order valence-corrected chi connectivity index (χ4v) is 3.97. The van der Waals surface area contributed by atoms with Crippen LogP contribution in [0.2, 0.25) is 0 Å². The van der Waals surface area contributed by atoms with Crippen molar-refractivity contribution in [3.63, 3.8) is 0 Å². The zero-order valence-electron chi connectivity index (χ0n) is 11.7. The topological polar surface area (TPSA) is 24.9 Å². The highest BCUT2D eigenvalue weighted by Gasteiger charge is 2.22. The van der Waals surface area contributed by atoms with Gasteiger partial charge in [-0.1, -0.05) is 12.8 Å². The summed E-state index contributed by atoms with van der Waals surface area (Å²) in [5.41, 5.74) is 2.42. The lowest BCUT2D eigenvalue weighted by Crippen LogP contribution is -2.34. The first-order valence-corrected chi connectivity index (χ1v) is 8.21. The molecule has 2 aromatic heterocycles. The molecule has 2 heterocycles. The molecule has 2 atom stereocenters. The van der Waals surface area contributed by atoms with E-state index in [1.165, 1.54) is 35.9 Å². The van der Waals surface area contributed by atoms with Crippen molar-refractivity contribution in [2.75, 3.05) is 0 Å². The van der Waals surface area contributed by atoms with Gasteiger partial charge in [-0.25, -0.2) is 0 Å². The number of nitrogens with zero attached hydrogens (tertiary/aromatic N) is 1. The highest BCUT2D eigenvalue weighted by molar-refractivity contribution is 7.17. The van der Waals surface area contributed by atoms with Crippen molar-refractivity contribution in [3.05, 3.63) is 29.3 Å². The molecule has 1 saturated carbocycles. The average Bonchev–Trinajstić information content (AvgIpc) is 3.09. The molecule has 1 unspecified atom stereocenters. The summed E-state index contributed by atoms with van der Waals surface area (Å²) in [7, 11) is 0. The predicted molar refractivity (Wildman–Crippen MR) is 82.6 cm³/mol. The molecule has 0 amide bonds. The van der Waals surface area contributed by atoms with Crippen LogP contribution >= 0.6 is 11.3 Å². The number of nitrogens with one attached hydrogen (secondary N) is 1. The van der Waals surface area contributed by atoms with E-state index in [2.05, 4.69) is 41.7 Å². The zero-order valence-corrected chi connectivity index (χ0v) is 12.5. The zero-order chi connectivity index (χ0) is 13.2. The van der Waals surface area contributed by atoms with Crippen molar-refractivity contribution < 1.29 is 0 Å². The van der Waals surface area contributed by atoms with Gasteiger partial charge in [-0.2, -0.15) is 0 Å². The van der Waals surface area contributed by atoms with E-state index in [4.69, 9.17) is 0 Å². The summed E-state index contributed by atoms with van der Waals surface area (Å²) in [6.07, 6.45) is 7.63. The van der Waals surface area contributed by atoms with Gasteiger partial charge in [-0.3, -0.25) is 4.98 Å². The van der Waals surface area contributed by atoms with Crippen LogP contribution in [-0.2, 0) is 0 Å². The fourth-order valence-electron chi connectivity index (χ4n) is 3.18. The SMILES string of the molecule is CC(N[C@H](C)C1CCCC1)c1cnc2ccsc2c1. The van der Waals surface area contributed by atoms with Gasteiger partial charge in [0, 0.05) is 18.3 Å². The number of rotatable bonds is 4. The Hall–Kier alpha value is -0.930. The molecule has 1 N–H and O–H groups in total. The quantitative estimate of drug-likeness (QED) is 0.886. The Bertz CT molecular complexity index is 542. The number of hydrogen-bond acceptors (Lipinski definition) is 3. The highest BCUT2D eigenvalue weighted by Crippen LogP contribution is 2.29. The molecule has 1 aliphatic rings. The molecular formula is C16H22N2S. The van der Waals surface area contributed by atoms with Crippen LogP contribution in [0, 0.1) is 5.92 Å². The van der Waals surface area contributed by atoms with Gasteiger partial charge in [0.2, 0.25) is 0 Å². The van der Waals surface area contributed by atoms with Crippen molar-refractivity contribution in [1.82, 2.24) is 10.3 Å². The van der Waals surface area contributed by atoms with Crippen LogP contribution in [0.25, 0.3) is 10.2 Å². The Balaban J connectivity index is 1.69.